The van der Waals surface area contributed by atoms with Gasteiger partial charge >= 0.3 is 0 Å². The van der Waals surface area contributed by atoms with E-state index < -0.39 is 11.3 Å². The van der Waals surface area contributed by atoms with Gasteiger partial charge in [-0.05, 0) is 47.8 Å². The molecule has 0 aromatic carbocycles. The molecule has 0 saturated carbocycles. The first kappa shape index (κ1) is 18.6. The van der Waals surface area contributed by atoms with Gasteiger partial charge in [-0.15, -0.1) is 0 Å². The van der Waals surface area contributed by atoms with Crippen molar-refractivity contribution in [2.75, 3.05) is 38.1 Å². The number of nitrogens with one attached hydrogen (secondary N) is 1. The lowest BCUT2D eigenvalue weighted by Gasteiger charge is -2.31. The number of ether oxygens (including phenoxy) is 2. The highest BCUT2D eigenvalue weighted by Crippen LogP contribution is 2.25. The molecule has 1 aromatic heterocycles. The molecular weight excluding hydrogens is 386 g/mol. The van der Waals surface area contributed by atoms with Gasteiger partial charge in [0.05, 0.1) is 12.7 Å². The zero-order chi connectivity index (χ0) is 16.7. The van der Waals surface area contributed by atoms with Crippen LogP contribution in [0.25, 0.3) is 0 Å². The molecule has 0 amide bonds. The molecule has 130 valence electrons. The lowest BCUT2D eigenvalue weighted by atomic mass is 10.1. The molecule has 2 unspecified atom stereocenters. The lowest BCUT2D eigenvalue weighted by Crippen LogP contribution is -2.40. The van der Waals surface area contributed by atoms with E-state index in [1.165, 1.54) is 0 Å². The van der Waals surface area contributed by atoms with Crippen molar-refractivity contribution in [2.45, 2.75) is 25.4 Å². The maximum Gasteiger partial charge on any atom is 0.238 e. The van der Waals surface area contributed by atoms with E-state index in [9.17, 15) is 8.76 Å². The first-order valence-electron chi connectivity index (χ1n) is 7.48. The molecule has 0 radical (unpaired) electrons. The van der Waals surface area contributed by atoms with Crippen LogP contribution in [0.3, 0.4) is 0 Å². The topological polar surface area (TPSA) is 86.8 Å². The molecule has 1 aliphatic rings. The van der Waals surface area contributed by atoms with Crippen molar-refractivity contribution >= 4 is 32.9 Å². The largest absolute Gasteiger partial charge is 0.755 e. The van der Waals surface area contributed by atoms with Gasteiger partial charge in [0.1, 0.15) is 5.69 Å². The van der Waals surface area contributed by atoms with Crippen LogP contribution in [0.5, 0.6) is 5.88 Å². The maximum atomic E-state index is 10.8. The third-order valence-corrected chi connectivity index (χ3v) is 4.48. The summed E-state index contributed by atoms with van der Waals surface area (Å²) in [6.45, 7) is 3.43. The van der Waals surface area contributed by atoms with Gasteiger partial charge in [-0.3, -0.25) is 4.21 Å². The molecule has 23 heavy (non-hydrogen) atoms. The molecular formula is C14H21BrN3O4S-. The summed E-state index contributed by atoms with van der Waals surface area (Å²) in [5, 5.41) is 0. The first-order valence-corrected chi connectivity index (χ1v) is 9.34. The minimum absolute atomic E-state index is 0.283. The van der Waals surface area contributed by atoms with Crippen LogP contribution in [0.1, 0.15) is 19.3 Å². The average Bonchev–Trinajstić information content (AvgIpc) is 2.53. The minimum Gasteiger partial charge on any atom is -0.755 e. The molecule has 0 bridgehead atoms. The molecule has 1 fully saturated rings. The molecule has 9 heteroatoms. The van der Waals surface area contributed by atoms with Gasteiger partial charge in [0.25, 0.3) is 0 Å². The zero-order valence-corrected chi connectivity index (χ0v) is 15.4. The van der Waals surface area contributed by atoms with Crippen LogP contribution >= 0.6 is 15.9 Å². The Morgan fingerprint density at radius 2 is 2.43 bits per heavy atom. The predicted molar refractivity (Wildman–Crippen MR) is 91.1 cm³/mol. The second kappa shape index (κ2) is 9.53. The molecule has 0 spiro atoms. The van der Waals surface area contributed by atoms with E-state index in [0.717, 1.165) is 38.9 Å². The average molecular weight is 407 g/mol. The number of halogens is 1. The van der Waals surface area contributed by atoms with Crippen molar-refractivity contribution in [2.24, 2.45) is 0 Å². The Balaban J connectivity index is 1.78. The number of anilines is 1. The van der Waals surface area contributed by atoms with Gasteiger partial charge in [0.15, 0.2) is 0 Å². The third-order valence-electron chi connectivity index (χ3n) is 3.66. The van der Waals surface area contributed by atoms with E-state index in [2.05, 4.69) is 30.5 Å². The van der Waals surface area contributed by atoms with E-state index >= 15 is 0 Å². The van der Waals surface area contributed by atoms with Crippen LogP contribution in [0.4, 0.5) is 5.69 Å². The molecule has 1 N–H and O–H groups in total. The Hall–Kier alpha value is -0.740. The highest BCUT2D eigenvalue weighted by molar-refractivity contribution is 9.10. The first-order chi connectivity index (χ1) is 11.1. The minimum atomic E-state index is -2.41. The Bertz CT molecular complexity index is 535. The fourth-order valence-electron chi connectivity index (χ4n) is 2.57. The number of likely N-dealkylation sites (tertiary alicyclic amines) is 1. The molecule has 2 rings (SSSR count). The van der Waals surface area contributed by atoms with Crippen molar-refractivity contribution in [1.29, 1.82) is 0 Å². The number of piperidine rings is 1. The quantitative estimate of drug-likeness (QED) is 0.524. The van der Waals surface area contributed by atoms with Crippen molar-refractivity contribution in [3.05, 3.63) is 16.7 Å². The molecule has 1 aliphatic heterocycles. The summed E-state index contributed by atoms with van der Waals surface area (Å²) in [4.78, 5) is 6.47. The summed E-state index contributed by atoms with van der Waals surface area (Å²) >= 11 is 0.841. The molecule has 1 aromatic rings. The van der Waals surface area contributed by atoms with Gasteiger partial charge in [-0.1, -0.05) is 0 Å². The number of methoxy groups -OCH3 is 1. The molecule has 2 heterocycles. The second-order valence-corrected chi connectivity index (χ2v) is 6.93. The van der Waals surface area contributed by atoms with E-state index in [0.29, 0.717) is 22.9 Å². The number of nitrogens with zero attached hydrogens (tertiary/aromatic N) is 2. The predicted octanol–water partition coefficient (Wildman–Crippen LogP) is 1.93. The van der Waals surface area contributed by atoms with E-state index in [1.807, 2.05) is 0 Å². The van der Waals surface area contributed by atoms with Gasteiger partial charge in [0.2, 0.25) is 5.88 Å². The Morgan fingerprint density at radius 3 is 3.17 bits per heavy atom. The fourth-order valence-corrected chi connectivity index (χ4v) is 3.23. The summed E-state index contributed by atoms with van der Waals surface area (Å²) in [7, 11) is 1.75. The lowest BCUT2D eigenvalue weighted by molar-refractivity contribution is 0.0298. The summed E-state index contributed by atoms with van der Waals surface area (Å²) in [5.41, 5.74) is 0.324. The van der Waals surface area contributed by atoms with Gasteiger partial charge in [-0.25, -0.2) is 4.98 Å². The SMILES string of the molecule is COC1CCCN(CCCOc2ncc(Br)cc2NS(=O)[O-])C1. The van der Waals surface area contributed by atoms with Crippen LogP contribution in [0.2, 0.25) is 0 Å². The fraction of sp³-hybridized carbons (Fsp3) is 0.643. The Kier molecular flexibility index (Phi) is 7.71. The van der Waals surface area contributed by atoms with E-state index in [-0.39, 0.29) is 5.88 Å². The standard InChI is InChI=1S/C14H22BrN3O4S/c1-21-12-4-2-5-18(10-12)6-3-7-22-14-13(17-23(19)20)8-11(15)9-16-14/h8-9,12,17H,2-7,10H2,1H3,(H,19,20)/p-1. The van der Waals surface area contributed by atoms with Gasteiger partial charge in [-0.2, -0.15) is 0 Å². The zero-order valence-electron chi connectivity index (χ0n) is 13.0. The monoisotopic (exact) mass is 406 g/mol. The Labute approximate surface area is 147 Å². The van der Waals surface area contributed by atoms with Crippen molar-refractivity contribution in [3.8, 4) is 5.88 Å². The summed E-state index contributed by atoms with van der Waals surface area (Å²) in [5.74, 6) is 0.283. The summed E-state index contributed by atoms with van der Waals surface area (Å²) < 4.78 is 35.6. The molecule has 0 aliphatic carbocycles. The number of hydrogen-bond acceptors (Lipinski definition) is 6. The number of hydrogen-bond donors (Lipinski definition) is 1. The van der Waals surface area contributed by atoms with Crippen molar-refractivity contribution < 1.29 is 18.2 Å². The smallest absolute Gasteiger partial charge is 0.238 e. The number of aromatic nitrogens is 1. The summed E-state index contributed by atoms with van der Waals surface area (Å²) in [6, 6.07) is 1.62. The summed E-state index contributed by atoms with van der Waals surface area (Å²) in [6.07, 6.45) is 5.00. The van der Waals surface area contributed by atoms with Crippen LogP contribution in [0, 0.1) is 0 Å². The van der Waals surface area contributed by atoms with Crippen molar-refractivity contribution in [3.63, 3.8) is 0 Å². The van der Waals surface area contributed by atoms with Gasteiger partial charge in [0, 0.05) is 42.1 Å². The number of rotatable bonds is 8. The number of pyridine rings is 1. The van der Waals surface area contributed by atoms with Crippen LogP contribution in [0.15, 0.2) is 16.7 Å². The molecule has 7 nitrogen and oxygen atoms in total. The normalized spacial score (nSPS) is 20.2. The van der Waals surface area contributed by atoms with Crippen LogP contribution < -0.4 is 9.46 Å². The highest BCUT2D eigenvalue weighted by Gasteiger charge is 2.18. The van der Waals surface area contributed by atoms with E-state index in [1.54, 1.807) is 19.4 Å². The van der Waals surface area contributed by atoms with Gasteiger partial charge < -0.3 is 23.6 Å². The Morgan fingerprint density at radius 1 is 1.61 bits per heavy atom. The maximum absolute atomic E-state index is 10.8. The highest BCUT2D eigenvalue weighted by atomic mass is 79.9. The molecule has 1 saturated heterocycles. The van der Waals surface area contributed by atoms with Crippen LogP contribution in [-0.2, 0) is 16.0 Å². The molecule has 2 atom stereocenters. The van der Waals surface area contributed by atoms with E-state index in [4.69, 9.17) is 9.47 Å². The third kappa shape index (κ3) is 6.34. The van der Waals surface area contributed by atoms with Crippen molar-refractivity contribution in [1.82, 2.24) is 9.88 Å². The van der Waals surface area contributed by atoms with Crippen LogP contribution in [-0.4, -0.2) is 58.1 Å². The second-order valence-electron chi connectivity index (χ2n) is 5.35.